The molecule has 0 radical (unpaired) electrons. The molecule has 0 aromatic carbocycles. The van der Waals surface area contributed by atoms with Gasteiger partial charge in [-0.25, -0.2) is 0 Å². The highest BCUT2D eigenvalue weighted by Crippen LogP contribution is 2.37. The van der Waals surface area contributed by atoms with Gasteiger partial charge in [0.15, 0.2) is 5.66 Å². The van der Waals surface area contributed by atoms with Gasteiger partial charge in [0.1, 0.15) is 12.7 Å². The van der Waals surface area contributed by atoms with Crippen molar-refractivity contribution in [2.24, 2.45) is 16.1 Å². The average molecular weight is 314 g/mol. The fourth-order valence-electron chi connectivity index (χ4n) is 3.11. The molecule has 7 heteroatoms. The highest BCUT2D eigenvalue weighted by atomic mass is 16.2. The van der Waals surface area contributed by atoms with Crippen molar-refractivity contribution in [3.8, 4) is 12.3 Å². The lowest BCUT2D eigenvalue weighted by Crippen LogP contribution is -2.39. The smallest absolute Gasteiger partial charge is 0.222 e. The number of rotatable bonds is 7. The number of terminal acetylenes is 1. The van der Waals surface area contributed by atoms with Crippen molar-refractivity contribution in [2.45, 2.75) is 50.7 Å². The largest absolute Gasteiger partial charge is 0.343 e. The number of carbonyl (C=O) groups is 1. The van der Waals surface area contributed by atoms with Crippen molar-refractivity contribution in [1.29, 1.82) is 0 Å². The molecule has 7 nitrogen and oxygen atoms in total. The zero-order valence-corrected chi connectivity index (χ0v) is 13.3. The molecule has 0 saturated carbocycles. The number of hydrogen-bond donors (Lipinski definition) is 0. The van der Waals surface area contributed by atoms with Crippen LogP contribution in [0.5, 0.6) is 0 Å². The van der Waals surface area contributed by atoms with Crippen LogP contribution in [0.1, 0.15) is 38.5 Å². The van der Waals surface area contributed by atoms with Crippen molar-refractivity contribution in [2.75, 3.05) is 13.1 Å². The quantitative estimate of drug-likeness (QED) is 0.721. The molecule has 1 aromatic heterocycles. The lowest BCUT2D eigenvalue weighted by atomic mass is 9.96. The van der Waals surface area contributed by atoms with E-state index in [4.69, 9.17) is 6.42 Å². The van der Waals surface area contributed by atoms with Gasteiger partial charge < -0.3 is 9.47 Å². The second kappa shape index (κ2) is 6.90. The van der Waals surface area contributed by atoms with Crippen molar-refractivity contribution in [3.63, 3.8) is 0 Å². The highest BCUT2D eigenvalue weighted by molar-refractivity contribution is 5.76. The summed E-state index contributed by atoms with van der Waals surface area (Å²) in [4.78, 5) is 14.3. The molecule has 2 aliphatic rings. The monoisotopic (exact) mass is 314 g/mol. The molecule has 23 heavy (non-hydrogen) atoms. The molecule has 0 spiro atoms. The summed E-state index contributed by atoms with van der Waals surface area (Å²) in [6.45, 7) is 2.59. The van der Waals surface area contributed by atoms with Gasteiger partial charge in [-0.15, -0.1) is 22.5 Å². The maximum absolute atomic E-state index is 12.3. The summed E-state index contributed by atoms with van der Waals surface area (Å²) in [6, 6.07) is 0. The van der Waals surface area contributed by atoms with Gasteiger partial charge in [-0.3, -0.25) is 4.79 Å². The first-order valence-corrected chi connectivity index (χ1v) is 8.18. The minimum Gasteiger partial charge on any atom is -0.343 e. The Hall–Kier alpha value is -2.23. The van der Waals surface area contributed by atoms with Gasteiger partial charge in [-0.1, -0.05) is 0 Å². The number of nitrogens with zero attached hydrogens (tertiary/aromatic N) is 6. The average Bonchev–Trinajstić information content (AvgIpc) is 3.17. The molecular formula is C16H22N6O. The molecule has 0 unspecified atom stereocenters. The molecular weight excluding hydrogens is 292 g/mol. The Kier molecular flexibility index (Phi) is 4.70. The van der Waals surface area contributed by atoms with E-state index in [2.05, 4.69) is 26.3 Å². The van der Waals surface area contributed by atoms with Crippen LogP contribution in [0.4, 0.5) is 0 Å². The number of likely N-dealkylation sites (tertiary alicyclic amines) is 1. The Morgan fingerprint density at radius 1 is 1.22 bits per heavy atom. The van der Waals surface area contributed by atoms with Crippen LogP contribution in [0, 0.1) is 18.3 Å². The van der Waals surface area contributed by atoms with Crippen molar-refractivity contribution in [3.05, 3.63) is 12.7 Å². The molecule has 0 bridgehead atoms. The molecule has 3 heterocycles. The molecule has 1 fully saturated rings. The molecule has 0 N–H and O–H groups in total. The van der Waals surface area contributed by atoms with E-state index in [9.17, 15) is 4.79 Å². The molecule has 1 amide bonds. The molecule has 0 aliphatic carbocycles. The molecule has 2 aliphatic heterocycles. The van der Waals surface area contributed by atoms with Crippen LogP contribution in [-0.4, -0.2) is 44.3 Å². The maximum Gasteiger partial charge on any atom is 0.222 e. The normalized spacial score (nSPS) is 19.5. The highest BCUT2D eigenvalue weighted by Gasteiger charge is 2.39. The van der Waals surface area contributed by atoms with Crippen molar-refractivity contribution >= 4 is 5.91 Å². The molecule has 1 saturated heterocycles. The Morgan fingerprint density at radius 2 is 1.91 bits per heavy atom. The zero-order chi connectivity index (χ0) is 16.1. The lowest BCUT2D eigenvalue weighted by molar-refractivity contribution is -0.132. The van der Waals surface area contributed by atoms with E-state index >= 15 is 0 Å². The summed E-state index contributed by atoms with van der Waals surface area (Å²) in [6.07, 6.45) is 13.4. The van der Waals surface area contributed by atoms with Crippen LogP contribution in [0.2, 0.25) is 0 Å². The first-order chi connectivity index (χ1) is 11.2. The second-order valence-electron chi connectivity index (χ2n) is 6.37. The Balaban J connectivity index is 1.38. The van der Waals surface area contributed by atoms with Crippen LogP contribution >= 0.6 is 0 Å². The van der Waals surface area contributed by atoms with E-state index in [-0.39, 0.29) is 11.6 Å². The summed E-state index contributed by atoms with van der Waals surface area (Å²) in [5.74, 6) is 3.41. The molecule has 122 valence electrons. The zero-order valence-electron chi connectivity index (χ0n) is 13.3. The van der Waals surface area contributed by atoms with Crippen molar-refractivity contribution < 1.29 is 4.79 Å². The number of amides is 1. The number of aromatic nitrogens is 3. The topological polar surface area (TPSA) is 75.7 Å². The fraction of sp³-hybridized carbons (Fsp3) is 0.688. The van der Waals surface area contributed by atoms with E-state index in [1.165, 1.54) is 0 Å². The van der Waals surface area contributed by atoms with E-state index < -0.39 is 0 Å². The first kappa shape index (κ1) is 15.7. The SMILES string of the molecule is C#CCCC1(CCC(=O)N2CCC(Cn3cnnc3)CC2)N=N1. The van der Waals surface area contributed by atoms with Crippen LogP contribution in [0.15, 0.2) is 22.9 Å². The van der Waals surface area contributed by atoms with E-state index in [1.54, 1.807) is 12.7 Å². The predicted octanol–water partition coefficient (Wildman–Crippen LogP) is 1.87. The minimum atomic E-state index is -0.352. The summed E-state index contributed by atoms with van der Waals surface area (Å²) in [7, 11) is 0. The Bertz CT molecular complexity index is 589. The van der Waals surface area contributed by atoms with E-state index in [1.807, 2.05) is 9.47 Å². The third-order valence-corrected chi connectivity index (χ3v) is 4.69. The summed E-state index contributed by atoms with van der Waals surface area (Å²) >= 11 is 0. The Labute approximate surface area is 136 Å². The third kappa shape index (κ3) is 4.15. The van der Waals surface area contributed by atoms with Crippen LogP contribution in [0.3, 0.4) is 0 Å². The first-order valence-electron chi connectivity index (χ1n) is 8.18. The van der Waals surface area contributed by atoms with Crippen LogP contribution in [0.25, 0.3) is 0 Å². The number of hydrogen-bond acceptors (Lipinski definition) is 5. The summed E-state index contributed by atoms with van der Waals surface area (Å²) in [5.41, 5.74) is -0.352. The maximum atomic E-state index is 12.3. The van der Waals surface area contributed by atoms with Gasteiger partial charge in [0, 0.05) is 45.3 Å². The van der Waals surface area contributed by atoms with Gasteiger partial charge in [0.25, 0.3) is 0 Å². The van der Waals surface area contributed by atoms with Crippen molar-refractivity contribution in [1.82, 2.24) is 19.7 Å². The van der Waals surface area contributed by atoms with Crippen LogP contribution in [-0.2, 0) is 11.3 Å². The Morgan fingerprint density at radius 3 is 2.52 bits per heavy atom. The standard InChI is InChI=1S/C16H22N6O/c1-2-3-7-16(19-20-16)8-4-15(23)22-9-5-14(6-10-22)11-21-12-17-18-13-21/h1,12-14H,3-11H2. The number of piperidine rings is 1. The summed E-state index contributed by atoms with van der Waals surface area (Å²) in [5, 5.41) is 15.8. The third-order valence-electron chi connectivity index (χ3n) is 4.69. The van der Waals surface area contributed by atoms with E-state index in [0.29, 0.717) is 25.2 Å². The van der Waals surface area contributed by atoms with E-state index in [0.717, 1.165) is 38.9 Å². The molecule has 1 aromatic rings. The molecule has 3 rings (SSSR count). The van der Waals surface area contributed by atoms with Crippen LogP contribution < -0.4 is 0 Å². The van der Waals surface area contributed by atoms with Gasteiger partial charge >= 0.3 is 0 Å². The number of carbonyl (C=O) groups excluding carboxylic acids is 1. The molecule has 0 atom stereocenters. The predicted molar refractivity (Wildman–Crippen MR) is 84.2 cm³/mol. The fourth-order valence-corrected chi connectivity index (χ4v) is 3.11. The summed E-state index contributed by atoms with van der Waals surface area (Å²) < 4.78 is 2.01. The van der Waals surface area contributed by atoms with Gasteiger partial charge in [-0.05, 0) is 18.8 Å². The lowest BCUT2D eigenvalue weighted by Gasteiger charge is -2.32. The van der Waals surface area contributed by atoms with Gasteiger partial charge in [0.2, 0.25) is 5.91 Å². The minimum absolute atomic E-state index is 0.213. The second-order valence-corrected chi connectivity index (χ2v) is 6.37. The van der Waals surface area contributed by atoms with Gasteiger partial charge in [0.05, 0.1) is 0 Å². The van der Waals surface area contributed by atoms with Gasteiger partial charge in [-0.2, -0.15) is 10.2 Å².